The lowest BCUT2D eigenvalue weighted by atomic mass is 10.2. The van der Waals surface area contributed by atoms with E-state index in [0.29, 0.717) is 47.0 Å². The number of imidazole rings is 1. The largest absolute Gasteiger partial charge is 0.339 e. The molecule has 34 heavy (non-hydrogen) atoms. The van der Waals surface area contributed by atoms with Crippen LogP contribution >= 0.6 is 15.9 Å². The Morgan fingerprint density at radius 1 is 1.21 bits per heavy atom. The molecule has 3 heterocycles. The number of aromatic nitrogens is 6. The summed E-state index contributed by atoms with van der Waals surface area (Å²) in [5, 5.41) is 21.0. The summed E-state index contributed by atoms with van der Waals surface area (Å²) in [7, 11) is 0. The summed E-state index contributed by atoms with van der Waals surface area (Å²) in [6, 6.07) is 5.79. The highest BCUT2D eigenvalue weighted by Gasteiger charge is 2.18. The van der Waals surface area contributed by atoms with E-state index in [4.69, 9.17) is 15.3 Å². The lowest BCUT2D eigenvalue weighted by Gasteiger charge is -2.13. The molecular weight excluding hydrogens is 507 g/mol. The van der Waals surface area contributed by atoms with Gasteiger partial charge in [-0.1, -0.05) is 24.9 Å². The Hall–Kier alpha value is -3.41. The summed E-state index contributed by atoms with van der Waals surface area (Å²) >= 11 is 3.27. The van der Waals surface area contributed by atoms with Crippen LogP contribution in [0.1, 0.15) is 44.9 Å². The van der Waals surface area contributed by atoms with Crippen LogP contribution in [-0.4, -0.2) is 35.1 Å². The molecule has 12 heteroatoms. The Kier molecular flexibility index (Phi) is 7.15. The molecule has 3 aromatic heterocycles. The third kappa shape index (κ3) is 4.91. The van der Waals surface area contributed by atoms with E-state index in [1.54, 1.807) is 16.7 Å². The second-order valence-electron chi connectivity index (χ2n) is 7.87. The molecule has 4 rings (SSSR count). The molecule has 0 unspecified atom stereocenters. The molecule has 0 radical (unpaired) electrons. The number of nitrogens with zero attached hydrogens (tertiary/aromatic N) is 5. The van der Waals surface area contributed by atoms with Gasteiger partial charge in [-0.2, -0.15) is 4.98 Å². The van der Waals surface area contributed by atoms with Crippen LogP contribution in [0.2, 0.25) is 0 Å². The van der Waals surface area contributed by atoms with Crippen molar-refractivity contribution in [3.63, 3.8) is 0 Å². The van der Waals surface area contributed by atoms with Crippen LogP contribution in [0.25, 0.3) is 22.6 Å². The summed E-state index contributed by atoms with van der Waals surface area (Å²) in [6.07, 6.45) is 3.94. The number of unbranched alkanes of at least 4 members (excludes halogenated alkanes) is 2. The highest BCUT2D eigenvalue weighted by molar-refractivity contribution is 9.10. The molecule has 0 amide bonds. The molecule has 0 aliphatic carbocycles. The number of rotatable bonds is 9. The number of aromatic amines is 1. The highest BCUT2D eigenvalue weighted by Crippen LogP contribution is 2.17. The zero-order valence-corrected chi connectivity index (χ0v) is 20.2. The Labute approximate surface area is 202 Å². The van der Waals surface area contributed by atoms with Gasteiger partial charge in [0.05, 0.1) is 0 Å². The van der Waals surface area contributed by atoms with Crippen molar-refractivity contribution in [1.82, 2.24) is 29.2 Å². The average Bonchev–Trinajstić information content (AvgIpc) is 3.43. The van der Waals surface area contributed by atoms with E-state index >= 15 is 0 Å². The van der Waals surface area contributed by atoms with E-state index < -0.39 is 5.56 Å². The zero-order valence-electron chi connectivity index (χ0n) is 18.6. The summed E-state index contributed by atoms with van der Waals surface area (Å²) in [6.45, 7) is 2.62. The van der Waals surface area contributed by atoms with Crippen LogP contribution in [0.4, 0.5) is 4.39 Å². The van der Waals surface area contributed by atoms with E-state index in [2.05, 4.69) is 43.0 Å². The van der Waals surface area contributed by atoms with Gasteiger partial charge in [0.25, 0.3) is 5.56 Å². The summed E-state index contributed by atoms with van der Waals surface area (Å²) < 4.78 is 21.5. The Bertz CT molecular complexity index is 1430. The Balaban J connectivity index is 1.50. The van der Waals surface area contributed by atoms with Crippen molar-refractivity contribution < 1.29 is 8.91 Å². The summed E-state index contributed by atoms with van der Waals surface area (Å²) in [5.74, 6) is 0.402. The van der Waals surface area contributed by atoms with Gasteiger partial charge in [0, 0.05) is 24.9 Å². The molecule has 3 N–H and O–H groups in total. The number of hydrogen-bond donors (Lipinski definition) is 3. The second kappa shape index (κ2) is 10.2. The first-order chi connectivity index (χ1) is 16.4. The van der Waals surface area contributed by atoms with E-state index in [0.717, 1.165) is 23.8 Å². The van der Waals surface area contributed by atoms with Gasteiger partial charge in [0.2, 0.25) is 17.3 Å². The smallest absolute Gasteiger partial charge is 0.286 e. The van der Waals surface area contributed by atoms with E-state index in [-0.39, 0.29) is 29.2 Å². The molecule has 0 aliphatic heterocycles. The van der Waals surface area contributed by atoms with Gasteiger partial charge < -0.3 is 9.51 Å². The normalized spacial score (nSPS) is 11.4. The maximum absolute atomic E-state index is 13.1. The van der Waals surface area contributed by atoms with Crippen LogP contribution in [0.15, 0.2) is 38.3 Å². The average molecular weight is 531 g/mol. The number of hydrogen-bond acceptors (Lipinski definition) is 7. The summed E-state index contributed by atoms with van der Waals surface area (Å²) in [4.78, 5) is 24.6. The van der Waals surface area contributed by atoms with Crippen LogP contribution < -0.4 is 11.2 Å². The quantitative estimate of drug-likeness (QED) is 0.130. The van der Waals surface area contributed by atoms with Crippen molar-refractivity contribution in [3.05, 3.63) is 56.7 Å². The predicted molar refractivity (Wildman–Crippen MR) is 127 cm³/mol. The van der Waals surface area contributed by atoms with Gasteiger partial charge >= 0.3 is 0 Å². The van der Waals surface area contributed by atoms with Crippen LogP contribution in [-0.2, 0) is 13.0 Å². The third-order valence-corrected chi connectivity index (χ3v) is 5.80. The topological polar surface area (TPSA) is 142 Å². The van der Waals surface area contributed by atoms with Crippen molar-refractivity contribution in [2.75, 3.05) is 0 Å². The predicted octanol–water partition coefficient (Wildman–Crippen LogP) is 4.00. The number of halogens is 2. The van der Waals surface area contributed by atoms with Gasteiger partial charge in [-0.05, 0) is 53.0 Å². The molecule has 0 saturated heterocycles. The van der Waals surface area contributed by atoms with Crippen molar-refractivity contribution in [1.29, 1.82) is 10.8 Å². The lowest BCUT2D eigenvalue weighted by molar-refractivity contribution is 0.376. The molecule has 4 aromatic rings. The number of nitrogens with one attached hydrogen (secondary N) is 3. The minimum Gasteiger partial charge on any atom is -0.339 e. The molecule has 1 aromatic carbocycles. The minimum absolute atomic E-state index is 0.00476. The SMILES string of the molecule is CCCCCn1c(=N)n(C(=N)CCCc2nc(-c3ccc(F)cc3)no2)c(=O)c2[nH]c(Br)nc21. The maximum atomic E-state index is 13.1. The third-order valence-electron chi connectivity index (χ3n) is 5.43. The number of aryl methyl sites for hydroxylation is 2. The fourth-order valence-corrected chi connectivity index (χ4v) is 4.05. The first-order valence-corrected chi connectivity index (χ1v) is 11.8. The Morgan fingerprint density at radius 2 is 1.97 bits per heavy atom. The summed E-state index contributed by atoms with van der Waals surface area (Å²) in [5.41, 5.74) is 0.743. The molecule has 178 valence electrons. The first-order valence-electron chi connectivity index (χ1n) is 11.0. The molecule has 0 saturated carbocycles. The zero-order chi connectivity index (χ0) is 24.2. The fourth-order valence-electron chi connectivity index (χ4n) is 3.68. The van der Waals surface area contributed by atoms with Crippen LogP contribution in [0.5, 0.6) is 0 Å². The first kappa shape index (κ1) is 23.7. The number of fused-ring (bicyclic) bond motifs is 1. The van der Waals surface area contributed by atoms with Crippen LogP contribution in [0, 0.1) is 16.6 Å². The van der Waals surface area contributed by atoms with Gasteiger partial charge in [-0.3, -0.25) is 20.2 Å². The number of benzene rings is 1. The maximum Gasteiger partial charge on any atom is 0.286 e. The molecule has 0 fully saturated rings. The molecule has 0 spiro atoms. The van der Waals surface area contributed by atoms with Gasteiger partial charge in [-0.15, -0.1) is 0 Å². The van der Waals surface area contributed by atoms with Crippen LogP contribution in [0.3, 0.4) is 0 Å². The number of H-pyrrole nitrogens is 1. The van der Waals surface area contributed by atoms with Crippen molar-refractivity contribution in [2.24, 2.45) is 0 Å². The van der Waals surface area contributed by atoms with Gasteiger partial charge in [0.15, 0.2) is 15.9 Å². The van der Waals surface area contributed by atoms with Crippen molar-refractivity contribution >= 4 is 32.9 Å². The lowest BCUT2D eigenvalue weighted by Crippen LogP contribution is -2.44. The molecule has 0 aliphatic rings. The monoisotopic (exact) mass is 530 g/mol. The molecule has 0 bridgehead atoms. The highest BCUT2D eigenvalue weighted by atomic mass is 79.9. The molecular formula is C22H24BrFN8O2. The van der Waals surface area contributed by atoms with Gasteiger partial charge in [-0.25, -0.2) is 13.9 Å². The Morgan fingerprint density at radius 3 is 2.71 bits per heavy atom. The molecule has 10 nitrogen and oxygen atoms in total. The second-order valence-corrected chi connectivity index (χ2v) is 8.62. The van der Waals surface area contributed by atoms with E-state index in [9.17, 15) is 9.18 Å². The van der Waals surface area contributed by atoms with Crippen molar-refractivity contribution in [2.45, 2.75) is 52.0 Å². The van der Waals surface area contributed by atoms with E-state index in [1.807, 2.05) is 0 Å². The standard InChI is InChI=1S/C22H24BrFN8O2/c1-2-3-4-12-31-19-17(28-21(23)29-19)20(33)32(22(31)26)15(25)6-5-7-16-27-18(30-34-16)13-8-10-14(24)11-9-13/h8-11,25-26H,2-7,12H2,1H3,(H,28,29). The van der Waals surface area contributed by atoms with Gasteiger partial charge in [0.1, 0.15) is 11.7 Å². The molecule has 0 atom stereocenters. The van der Waals surface area contributed by atoms with E-state index in [1.165, 1.54) is 12.1 Å². The minimum atomic E-state index is -0.480. The van der Waals surface area contributed by atoms with Crippen molar-refractivity contribution in [3.8, 4) is 11.4 Å². The fraction of sp³-hybridized carbons (Fsp3) is 0.364.